The third-order valence-corrected chi connectivity index (χ3v) is 6.34. The van der Waals surface area contributed by atoms with Gasteiger partial charge in [0.2, 0.25) is 5.91 Å². The molecule has 4 rings (SSSR count). The largest absolute Gasteiger partial charge is 0.378 e. The highest BCUT2D eigenvalue weighted by Crippen LogP contribution is 2.50. The Labute approximate surface area is 165 Å². The molecule has 2 aromatic carbocycles. The maximum absolute atomic E-state index is 12.0. The molecule has 0 fully saturated rings. The molecule has 0 aromatic heterocycles. The van der Waals surface area contributed by atoms with Gasteiger partial charge in [0.05, 0.1) is 6.04 Å². The Morgan fingerprint density at radius 2 is 2.04 bits per heavy atom. The lowest BCUT2D eigenvalue weighted by Crippen LogP contribution is -2.29. The fourth-order valence-corrected chi connectivity index (χ4v) is 4.67. The van der Waals surface area contributed by atoms with Crippen molar-refractivity contribution in [1.29, 1.82) is 0 Å². The van der Waals surface area contributed by atoms with E-state index in [1.165, 1.54) is 21.7 Å². The number of hydrogen-bond acceptors (Lipinski definition) is 3. The van der Waals surface area contributed by atoms with Gasteiger partial charge in [0.25, 0.3) is 0 Å². The van der Waals surface area contributed by atoms with Crippen LogP contribution in [0, 0.1) is 5.92 Å². The highest BCUT2D eigenvalue weighted by atomic mass is 32.2. The second kappa shape index (κ2) is 7.81. The first-order valence-corrected chi connectivity index (χ1v) is 10.9. The minimum Gasteiger partial charge on any atom is -0.378 e. The topological polar surface area (TPSA) is 41.1 Å². The molecule has 0 spiro atoms. The molecule has 0 saturated heterocycles. The number of carbonyl (C=O) groups excluding carboxylic acids is 1. The van der Waals surface area contributed by atoms with Gasteiger partial charge < -0.3 is 10.6 Å². The van der Waals surface area contributed by atoms with E-state index in [9.17, 15) is 4.79 Å². The van der Waals surface area contributed by atoms with Gasteiger partial charge >= 0.3 is 0 Å². The Bertz CT molecular complexity index is 859. The molecule has 1 heterocycles. The summed E-state index contributed by atoms with van der Waals surface area (Å²) in [5.74, 6) is 1.00. The minimum atomic E-state index is 0.0893. The lowest BCUT2D eigenvalue weighted by Gasteiger charge is -2.37. The Hall–Kier alpha value is -2.20. The van der Waals surface area contributed by atoms with Crippen molar-refractivity contribution in [1.82, 2.24) is 0 Å². The second-order valence-electron chi connectivity index (χ2n) is 7.35. The molecule has 3 atom stereocenters. The zero-order chi connectivity index (χ0) is 18.8. The monoisotopic (exact) mass is 378 g/mol. The first-order chi connectivity index (χ1) is 13.2. The van der Waals surface area contributed by atoms with Crippen LogP contribution in [-0.2, 0) is 4.79 Å². The molecule has 140 valence electrons. The zero-order valence-corrected chi connectivity index (χ0v) is 16.7. The van der Waals surface area contributed by atoms with Crippen molar-refractivity contribution in [2.24, 2.45) is 5.92 Å². The first kappa shape index (κ1) is 18.2. The molecule has 1 aliphatic heterocycles. The Balaban J connectivity index is 1.62. The van der Waals surface area contributed by atoms with Gasteiger partial charge in [0, 0.05) is 28.6 Å². The van der Waals surface area contributed by atoms with Crippen LogP contribution in [0.25, 0.3) is 0 Å². The molecule has 2 N–H and O–H groups in total. The van der Waals surface area contributed by atoms with Crippen LogP contribution in [0.5, 0.6) is 0 Å². The molecule has 3 unspecified atom stereocenters. The van der Waals surface area contributed by atoms with Crippen LogP contribution >= 0.6 is 11.8 Å². The van der Waals surface area contributed by atoms with Crippen molar-refractivity contribution < 1.29 is 4.79 Å². The number of anilines is 2. The van der Waals surface area contributed by atoms with E-state index < -0.39 is 0 Å². The lowest BCUT2D eigenvalue weighted by atomic mass is 9.77. The number of benzene rings is 2. The fourth-order valence-electron chi connectivity index (χ4n) is 4.26. The number of fused-ring (bicyclic) bond motifs is 3. The summed E-state index contributed by atoms with van der Waals surface area (Å²) in [5, 5.41) is 6.80. The minimum absolute atomic E-state index is 0.0893. The van der Waals surface area contributed by atoms with E-state index in [2.05, 4.69) is 65.4 Å². The molecule has 3 nitrogen and oxygen atoms in total. The quantitative estimate of drug-likeness (QED) is 0.497. The van der Waals surface area contributed by atoms with Crippen molar-refractivity contribution in [3.05, 3.63) is 65.7 Å². The first-order valence-electron chi connectivity index (χ1n) is 9.70. The van der Waals surface area contributed by atoms with Crippen molar-refractivity contribution in [2.75, 3.05) is 16.9 Å². The van der Waals surface area contributed by atoms with Crippen LogP contribution < -0.4 is 10.6 Å². The average Bonchev–Trinajstić information content (AvgIpc) is 3.18. The third kappa shape index (κ3) is 3.63. The van der Waals surface area contributed by atoms with Crippen molar-refractivity contribution in [3.63, 3.8) is 0 Å². The molecule has 0 bridgehead atoms. The molecule has 4 heteroatoms. The van der Waals surface area contributed by atoms with Crippen molar-refractivity contribution >= 4 is 29.0 Å². The van der Waals surface area contributed by atoms with Gasteiger partial charge in [-0.3, -0.25) is 4.79 Å². The molecule has 1 amide bonds. The van der Waals surface area contributed by atoms with Crippen LogP contribution in [0.1, 0.15) is 49.3 Å². The molecular weight excluding hydrogens is 352 g/mol. The van der Waals surface area contributed by atoms with Gasteiger partial charge in [0.15, 0.2) is 0 Å². The average molecular weight is 379 g/mol. The number of allylic oxidation sites excluding steroid dienone is 2. The second-order valence-corrected chi connectivity index (χ2v) is 8.23. The Kier molecular flexibility index (Phi) is 5.26. The maximum Gasteiger partial charge on any atom is 0.224 e. The molecule has 2 aliphatic rings. The Morgan fingerprint density at radius 3 is 2.78 bits per heavy atom. The van der Waals surface area contributed by atoms with E-state index in [4.69, 9.17) is 0 Å². The van der Waals surface area contributed by atoms with E-state index in [1.54, 1.807) is 11.8 Å². The van der Waals surface area contributed by atoms with Crippen LogP contribution in [0.2, 0.25) is 0 Å². The molecule has 2 aromatic rings. The number of amides is 1. The fraction of sp³-hybridized carbons (Fsp3) is 0.348. The van der Waals surface area contributed by atoms with Gasteiger partial charge in [-0.15, -0.1) is 11.8 Å². The summed E-state index contributed by atoms with van der Waals surface area (Å²) < 4.78 is 0. The number of hydrogen-bond donors (Lipinski definition) is 2. The predicted octanol–water partition coefficient (Wildman–Crippen LogP) is 5.97. The number of thioether (sulfide) groups is 1. The molecular formula is C23H26N2OS. The molecule has 1 aliphatic carbocycles. The van der Waals surface area contributed by atoms with E-state index >= 15 is 0 Å². The summed E-state index contributed by atoms with van der Waals surface area (Å²) in [6, 6.07) is 15.5. The van der Waals surface area contributed by atoms with Crippen LogP contribution in [-0.4, -0.2) is 12.2 Å². The molecule has 0 saturated carbocycles. The van der Waals surface area contributed by atoms with E-state index in [-0.39, 0.29) is 5.91 Å². The summed E-state index contributed by atoms with van der Waals surface area (Å²) in [6.07, 6.45) is 9.26. The summed E-state index contributed by atoms with van der Waals surface area (Å²) >= 11 is 1.77. The summed E-state index contributed by atoms with van der Waals surface area (Å²) in [4.78, 5) is 13.3. The van der Waals surface area contributed by atoms with Gasteiger partial charge in [0.1, 0.15) is 0 Å². The molecule has 0 radical (unpaired) electrons. The number of nitrogens with one attached hydrogen (secondary N) is 2. The summed E-state index contributed by atoms with van der Waals surface area (Å²) in [5.41, 5.74) is 4.71. The standard InChI is InChI=1S/C23H26N2OS/c1-3-5-22(26)24-16-10-13-21-20(14-16)18-6-4-7-19(18)23(25-21)15-8-11-17(27-2)12-9-15/h4,6,8-14,18-19,23,25H,3,5,7H2,1-2H3,(H,24,26). The number of carbonyl (C=O) groups is 1. The summed E-state index contributed by atoms with van der Waals surface area (Å²) in [7, 11) is 0. The van der Waals surface area contributed by atoms with E-state index in [0.29, 0.717) is 24.3 Å². The Morgan fingerprint density at radius 1 is 1.22 bits per heavy atom. The highest BCUT2D eigenvalue weighted by Gasteiger charge is 2.37. The predicted molar refractivity (Wildman–Crippen MR) is 115 cm³/mol. The lowest BCUT2D eigenvalue weighted by molar-refractivity contribution is -0.116. The van der Waals surface area contributed by atoms with Gasteiger partial charge in [-0.2, -0.15) is 0 Å². The van der Waals surface area contributed by atoms with Crippen LogP contribution in [0.4, 0.5) is 11.4 Å². The highest BCUT2D eigenvalue weighted by molar-refractivity contribution is 7.98. The van der Waals surface area contributed by atoms with Crippen molar-refractivity contribution in [2.45, 2.75) is 43.0 Å². The third-order valence-electron chi connectivity index (χ3n) is 5.60. The van der Waals surface area contributed by atoms with Crippen molar-refractivity contribution in [3.8, 4) is 0 Å². The number of rotatable bonds is 5. The summed E-state index contributed by atoms with van der Waals surface area (Å²) in [6.45, 7) is 2.02. The smallest absolute Gasteiger partial charge is 0.224 e. The zero-order valence-electron chi connectivity index (χ0n) is 15.9. The van der Waals surface area contributed by atoms with Crippen LogP contribution in [0.15, 0.2) is 59.5 Å². The van der Waals surface area contributed by atoms with Gasteiger partial charge in [-0.1, -0.05) is 31.2 Å². The normalized spacial score (nSPS) is 22.7. The van der Waals surface area contributed by atoms with E-state index in [1.807, 2.05) is 13.0 Å². The maximum atomic E-state index is 12.0. The van der Waals surface area contributed by atoms with Crippen LogP contribution in [0.3, 0.4) is 0 Å². The van der Waals surface area contributed by atoms with E-state index in [0.717, 1.165) is 18.5 Å². The molecule has 27 heavy (non-hydrogen) atoms. The van der Waals surface area contributed by atoms with Gasteiger partial charge in [-0.05, 0) is 66.5 Å². The van der Waals surface area contributed by atoms with Gasteiger partial charge in [-0.25, -0.2) is 0 Å². The SMILES string of the molecule is CCCC(=O)Nc1ccc2c(c1)C1C=CCC1C(c1ccc(SC)cc1)N2.